The van der Waals surface area contributed by atoms with Crippen molar-refractivity contribution in [2.24, 2.45) is 0 Å². The first-order chi connectivity index (χ1) is 21.8. The van der Waals surface area contributed by atoms with Crippen LogP contribution in [0.3, 0.4) is 0 Å². The second kappa shape index (κ2) is 21.8. The van der Waals surface area contributed by atoms with Gasteiger partial charge in [-0.3, -0.25) is 0 Å². The number of hydrogen-bond donors (Lipinski definition) is 4. The van der Waals surface area contributed by atoms with Gasteiger partial charge in [-0.25, -0.2) is 4.79 Å². The number of unbranched alkanes of at least 4 members (excludes halogenated alkanes) is 9. The molecule has 3 aliphatic rings. The fourth-order valence-electron chi connectivity index (χ4n) is 7.28. The summed E-state index contributed by atoms with van der Waals surface area (Å²) in [4.78, 5) is 11.7. The van der Waals surface area contributed by atoms with Gasteiger partial charge in [0.2, 0.25) is 0 Å². The number of aliphatic hydroxyl groups is 4. The van der Waals surface area contributed by atoms with E-state index < -0.39 is 18.3 Å². The molecule has 4 N–H and O–H groups in total. The highest BCUT2D eigenvalue weighted by atomic mass is 16.5. The maximum Gasteiger partial charge on any atom is 0.334 e. The van der Waals surface area contributed by atoms with Crippen LogP contribution in [0.2, 0.25) is 0 Å². The van der Waals surface area contributed by atoms with Gasteiger partial charge in [-0.05, 0) is 96.5 Å². The molecule has 2 saturated heterocycles. The average Bonchev–Trinajstić information content (AvgIpc) is 3.77. The van der Waals surface area contributed by atoms with Gasteiger partial charge in [0.25, 0.3) is 0 Å². The maximum atomic E-state index is 11.7. The molecule has 0 aliphatic carbocycles. The van der Waals surface area contributed by atoms with Crippen LogP contribution >= 0.6 is 0 Å². The fraction of sp³-hybridized carbons (Fsp3) is 0.919. The van der Waals surface area contributed by atoms with Gasteiger partial charge >= 0.3 is 5.97 Å². The Kier molecular flexibility index (Phi) is 18.6. The van der Waals surface area contributed by atoms with Gasteiger partial charge in [0.1, 0.15) is 6.10 Å². The molecule has 8 heteroatoms. The molecule has 9 atom stereocenters. The minimum absolute atomic E-state index is 0.0675. The first-order valence-electron chi connectivity index (χ1n) is 18.7. The van der Waals surface area contributed by atoms with E-state index in [4.69, 9.17) is 14.2 Å². The van der Waals surface area contributed by atoms with Crippen molar-refractivity contribution in [1.29, 1.82) is 0 Å². The molecule has 0 radical (unpaired) electrons. The maximum absolute atomic E-state index is 11.7. The van der Waals surface area contributed by atoms with E-state index in [0.717, 1.165) is 82.6 Å². The van der Waals surface area contributed by atoms with Gasteiger partial charge in [0.15, 0.2) is 0 Å². The van der Waals surface area contributed by atoms with Crippen molar-refractivity contribution >= 4 is 5.97 Å². The lowest BCUT2D eigenvalue weighted by Crippen LogP contribution is -2.33. The SMILES string of the molecule is CCCCCCC(O)CCC[C@@H](O)C1CCC([C@H](O)CC[C@@H](O)C2CCC(CCCCCCCCCC3=CC(C)OC3=O)O2)O1. The quantitative estimate of drug-likeness (QED) is 0.0634. The third kappa shape index (κ3) is 14.7. The van der Waals surface area contributed by atoms with Crippen LogP contribution in [-0.2, 0) is 19.0 Å². The predicted molar refractivity (Wildman–Crippen MR) is 177 cm³/mol. The second-order valence-electron chi connectivity index (χ2n) is 14.2. The monoisotopic (exact) mass is 638 g/mol. The molecular weight excluding hydrogens is 572 g/mol. The number of carbonyl (C=O) groups is 1. The summed E-state index contributed by atoms with van der Waals surface area (Å²) >= 11 is 0. The third-order valence-corrected chi connectivity index (χ3v) is 10.2. The minimum atomic E-state index is -0.654. The highest BCUT2D eigenvalue weighted by Crippen LogP contribution is 2.31. The number of hydrogen-bond acceptors (Lipinski definition) is 8. The smallest absolute Gasteiger partial charge is 0.334 e. The molecule has 3 aliphatic heterocycles. The summed E-state index contributed by atoms with van der Waals surface area (Å²) in [5, 5.41) is 42.3. The van der Waals surface area contributed by atoms with Gasteiger partial charge < -0.3 is 34.6 Å². The van der Waals surface area contributed by atoms with E-state index in [9.17, 15) is 25.2 Å². The van der Waals surface area contributed by atoms with Gasteiger partial charge in [0, 0.05) is 5.57 Å². The highest BCUT2D eigenvalue weighted by molar-refractivity contribution is 5.90. The standard InChI is InChI=1S/C37H66O8/c1-3-4-5-12-16-29(38)17-14-19-31(39)35-24-25-36(45-35)33(41)22-21-32(40)34-23-20-30(44-34)18-13-10-8-6-7-9-11-15-28-26-27(2)43-37(28)42/h26-27,29-36,38-41H,3-25H2,1-2H3/t27?,29?,30?,31-,32-,33-,34?,35?,36?/m1/s1. The predicted octanol–water partition coefficient (Wildman–Crippen LogP) is 6.83. The Morgan fingerprint density at radius 2 is 1.22 bits per heavy atom. The molecule has 0 saturated carbocycles. The molecular formula is C37H66O8. The normalized spacial score (nSPS) is 27.8. The highest BCUT2D eigenvalue weighted by Gasteiger charge is 2.36. The number of cyclic esters (lactones) is 1. The number of ether oxygens (including phenoxy) is 3. The van der Waals surface area contributed by atoms with Crippen LogP contribution in [0.1, 0.15) is 162 Å². The Bertz CT molecular complexity index is 833. The van der Waals surface area contributed by atoms with Gasteiger partial charge in [-0.15, -0.1) is 0 Å². The van der Waals surface area contributed by atoms with Gasteiger partial charge in [-0.2, -0.15) is 0 Å². The van der Waals surface area contributed by atoms with Crippen molar-refractivity contribution in [2.45, 2.75) is 216 Å². The summed E-state index contributed by atoms with van der Waals surface area (Å²) in [6.45, 7) is 4.09. The van der Waals surface area contributed by atoms with Crippen molar-refractivity contribution in [3.8, 4) is 0 Å². The molecule has 3 rings (SSSR count). The van der Waals surface area contributed by atoms with Gasteiger partial charge in [0.05, 0.1) is 48.8 Å². The van der Waals surface area contributed by atoms with Crippen molar-refractivity contribution < 1.29 is 39.4 Å². The molecule has 0 aromatic heterocycles. The lowest BCUT2D eigenvalue weighted by atomic mass is 9.98. The van der Waals surface area contributed by atoms with Crippen LogP contribution in [0.4, 0.5) is 0 Å². The van der Waals surface area contributed by atoms with Crippen LogP contribution in [0.15, 0.2) is 11.6 Å². The zero-order valence-corrected chi connectivity index (χ0v) is 28.5. The van der Waals surface area contributed by atoms with Crippen molar-refractivity contribution in [1.82, 2.24) is 0 Å². The molecule has 0 aromatic rings. The van der Waals surface area contributed by atoms with E-state index in [1.165, 1.54) is 44.9 Å². The molecule has 0 aromatic carbocycles. The summed E-state index contributed by atoms with van der Waals surface area (Å²) in [6.07, 6.45) is 21.2. The summed E-state index contributed by atoms with van der Waals surface area (Å²) in [5.41, 5.74) is 0.846. The third-order valence-electron chi connectivity index (χ3n) is 10.2. The van der Waals surface area contributed by atoms with E-state index in [0.29, 0.717) is 25.7 Å². The molecule has 262 valence electrons. The van der Waals surface area contributed by atoms with E-state index in [2.05, 4.69) is 6.92 Å². The van der Waals surface area contributed by atoms with E-state index >= 15 is 0 Å². The number of esters is 1. The van der Waals surface area contributed by atoms with Crippen LogP contribution < -0.4 is 0 Å². The van der Waals surface area contributed by atoms with E-state index in [1.54, 1.807) is 0 Å². The summed E-state index contributed by atoms with van der Waals surface area (Å²) in [6, 6.07) is 0. The summed E-state index contributed by atoms with van der Waals surface area (Å²) in [7, 11) is 0. The molecule has 0 bridgehead atoms. The Labute approximate surface area is 273 Å². The number of aliphatic hydroxyl groups excluding tert-OH is 4. The molecule has 6 unspecified atom stereocenters. The fourth-order valence-corrected chi connectivity index (χ4v) is 7.28. The van der Waals surface area contributed by atoms with Crippen molar-refractivity contribution in [3.63, 3.8) is 0 Å². The Morgan fingerprint density at radius 1 is 0.667 bits per heavy atom. The molecule has 0 spiro atoms. The first kappa shape index (κ1) is 38.4. The minimum Gasteiger partial charge on any atom is -0.455 e. The zero-order chi connectivity index (χ0) is 32.4. The molecule has 3 heterocycles. The van der Waals surface area contributed by atoms with Crippen LogP contribution in [-0.4, -0.2) is 81.3 Å². The largest absolute Gasteiger partial charge is 0.455 e. The van der Waals surface area contributed by atoms with Crippen LogP contribution in [0, 0.1) is 0 Å². The lowest BCUT2D eigenvalue weighted by molar-refractivity contribution is -0.139. The topological polar surface area (TPSA) is 126 Å². The van der Waals surface area contributed by atoms with Crippen molar-refractivity contribution in [3.05, 3.63) is 11.6 Å². The lowest BCUT2D eigenvalue weighted by Gasteiger charge is -2.24. The molecule has 0 amide bonds. The molecule has 8 nitrogen and oxygen atoms in total. The zero-order valence-electron chi connectivity index (χ0n) is 28.5. The van der Waals surface area contributed by atoms with Gasteiger partial charge in [-0.1, -0.05) is 71.1 Å². The Balaban J connectivity index is 1.16. The Hall–Kier alpha value is -1.03. The van der Waals surface area contributed by atoms with Crippen molar-refractivity contribution in [2.75, 3.05) is 0 Å². The van der Waals surface area contributed by atoms with Crippen LogP contribution in [0.5, 0.6) is 0 Å². The first-order valence-corrected chi connectivity index (χ1v) is 18.7. The molecule has 45 heavy (non-hydrogen) atoms. The Morgan fingerprint density at radius 3 is 1.87 bits per heavy atom. The second-order valence-corrected chi connectivity index (χ2v) is 14.2. The van der Waals surface area contributed by atoms with Crippen LogP contribution in [0.25, 0.3) is 0 Å². The number of rotatable bonds is 25. The van der Waals surface area contributed by atoms with E-state index in [-0.39, 0.29) is 42.6 Å². The summed E-state index contributed by atoms with van der Waals surface area (Å²) < 4.78 is 17.4. The average molecular weight is 639 g/mol. The number of carbonyl (C=O) groups excluding carboxylic acids is 1. The molecule has 2 fully saturated rings. The summed E-state index contributed by atoms with van der Waals surface area (Å²) in [5.74, 6) is -0.138. The van der Waals surface area contributed by atoms with E-state index in [1.807, 2.05) is 13.0 Å².